The maximum absolute atomic E-state index is 13.0. The monoisotopic (exact) mass is 589 g/mol. The molecule has 0 bridgehead atoms. The minimum Gasteiger partial charge on any atom is -0.469 e. The van der Waals surface area contributed by atoms with E-state index >= 15 is 0 Å². The summed E-state index contributed by atoms with van der Waals surface area (Å²) in [6, 6.07) is 27.5. The smallest absolute Gasteiger partial charge is 0.317 e. The van der Waals surface area contributed by atoms with Crippen molar-refractivity contribution in [3.63, 3.8) is 0 Å². The van der Waals surface area contributed by atoms with Crippen LogP contribution < -0.4 is 0 Å². The highest BCUT2D eigenvalue weighted by atomic mass is 16.7. The Kier molecular flexibility index (Phi) is 10.4. The summed E-state index contributed by atoms with van der Waals surface area (Å²) in [4.78, 5) is 15.9. The molecule has 0 radical (unpaired) electrons. The van der Waals surface area contributed by atoms with Crippen molar-refractivity contribution < 1.29 is 38.0 Å². The summed E-state index contributed by atoms with van der Waals surface area (Å²) in [7, 11) is 2.69. The number of ether oxygens (including phenoxy) is 7. The first kappa shape index (κ1) is 30.7. The van der Waals surface area contributed by atoms with Crippen molar-refractivity contribution in [3.05, 3.63) is 118 Å². The highest BCUT2D eigenvalue weighted by molar-refractivity contribution is 5.76. The van der Waals surface area contributed by atoms with Gasteiger partial charge < -0.3 is 33.2 Å². The van der Waals surface area contributed by atoms with Gasteiger partial charge in [0, 0.05) is 12.0 Å². The number of hydrogen-bond donors (Lipinski definition) is 0. The Labute approximate surface area is 250 Å². The minimum absolute atomic E-state index is 0.137. The van der Waals surface area contributed by atoms with Gasteiger partial charge in [-0.1, -0.05) is 96.1 Å². The molecular formula is C32H35N3O8. The predicted molar refractivity (Wildman–Crippen MR) is 154 cm³/mol. The summed E-state index contributed by atoms with van der Waals surface area (Å²) >= 11 is 0. The Balaban J connectivity index is 1.60. The summed E-state index contributed by atoms with van der Waals surface area (Å²) < 4.78 is 43.4. The molecule has 2 heterocycles. The molecule has 0 aliphatic carbocycles. The van der Waals surface area contributed by atoms with E-state index in [1.807, 2.05) is 91.0 Å². The first-order chi connectivity index (χ1) is 21.1. The molecule has 0 aromatic heterocycles. The van der Waals surface area contributed by atoms with Crippen molar-refractivity contribution in [2.24, 2.45) is 5.11 Å². The fourth-order valence-electron chi connectivity index (χ4n) is 5.64. The second kappa shape index (κ2) is 14.6. The largest absolute Gasteiger partial charge is 0.469 e. The molecule has 3 aromatic carbocycles. The molecule has 11 heteroatoms. The van der Waals surface area contributed by atoms with Gasteiger partial charge in [0.15, 0.2) is 17.9 Å². The average Bonchev–Trinajstić information content (AvgIpc) is 3.44. The molecule has 0 N–H and O–H groups in total. The van der Waals surface area contributed by atoms with Gasteiger partial charge in [-0.05, 0) is 22.2 Å². The summed E-state index contributed by atoms with van der Waals surface area (Å²) in [6.45, 7) is 0.716. The van der Waals surface area contributed by atoms with Crippen LogP contribution in [0.5, 0.6) is 0 Å². The Morgan fingerprint density at radius 1 is 0.907 bits per heavy atom. The highest BCUT2D eigenvalue weighted by Gasteiger charge is 2.68. The molecular weight excluding hydrogens is 554 g/mol. The van der Waals surface area contributed by atoms with Crippen LogP contribution in [0.1, 0.15) is 16.7 Å². The van der Waals surface area contributed by atoms with Crippen molar-refractivity contribution in [1.29, 1.82) is 0 Å². The highest BCUT2D eigenvalue weighted by Crippen LogP contribution is 2.47. The van der Waals surface area contributed by atoms with Crippen LogP contribution in [-0.2, 0) is 57.8 Å². The molecule has 2 aliphatic heterocycles. The molecule has 0 spiro atoms. The first-order valence-electron chi connectivity index (χ1n) is 14.0. The van der Waals surface area contributed by atoms with Crippen molar-refractivity contribution in [2.75, 3.05) is 20.8 Å². The lowest BCUT2D eigenvalue weighted by molar-refractivity contribution is -0.342. The predicted octanol–water partition coefficient (Wildman–Crippen LogP) is 4.73. The van der Waals surface area contributed by atoms with Crippen molar-refractivity contribution >= 4 is 5.97 Å². The minimum atomic E-state index is -1.41. The Morgan fingerprint density at radius 3 is 2.00 bits per heavy atom. The van der Waals surface area contributed by atoms with Crippen LogP contribution in [0, 0.1) is 0 Å². The second-order valence-electron chi connectivity index (χ2n) is 10.3. The first-order valence-corrected chi connectivity index (χ1v) is 14.0. The molecule has 2 saturated heterocycles. The number of hydrogen-bond acceptors (Lipinski definition) is 9. The van der Waals surface area contributed by atoms with Crippen LogP contribution in [0.4, 0.5) is 0 Å². The molecule has 0 amide bonds. The number of carbonyl (C=O) groups is 1. The van der Waals surface area contributed by atoms with Gasteiger partial charge in [0.05, 0.1) is 33.5 Å². The van der Waals surface area contributed by atoms with Crippen LogP contribution in [-0.4, -0.2) is 69.1 Å². The molecule has 5 unspecified atom stereocenters. The maximum Gasteiger partial charge on any atom is 0.317 e. The standard InChI is InChI=1S/C32H35N3O8/c1-37-30(36)26(34-35-33)27-28(40-19-23-14-8-4-9-15-23)32(42-20-24-16-10-5-11-17-24)25(21-41-29(32)31(38-2)43-27)39-18-22-12-6-3-7-13-22/h3-17,25-29,31H,18-21H2,1-2H3/t25-,26+,27?,28?,29?,31?,32?/m0/s1. The van der Waals surface area contributed by atoms with E-state index in [1.165, 1.54) is 14.2 Å². The van der Waals surface area contributed by atoms with E-state index < -0.39 is 48.3 Å². The number of methoxy groups -OCH3 is 2. The summed E-state index contributed by atoms with van der Waals surface area (Å²) in [5.41, 5.74) is 10.8. The molecule has 5 rings (SSSR count). The van der Waals surface area contributed by atoms with E-state index in [4.69, 9.17) is 33.2 Å². The number of fused-ring (bicyclic) bond motifs is 1. The van der Waals surface area contributed by atoms with Crippen molar-refractivity contribution in [3.8, 4) is 0 Å². The van der Waals surface area contributed by atoms with Gasteiger partial charge in [0.2, 0.25) is 0 Å². The van der Waals surface area contributed by atoms with E-state index in [0.29, 0.717) is 0 Å². The third-order valence-corrected chi connectivity index (χ3v) is 7.72. The normalized spacial score (nSPS) is 27.1. The molecule has 43 heavy (non-hydrogen) atoms. The van der Waals surface area contributed by atoms with E-state index in [0.717, 1.165) is 16.7 Å². The number of esters is 1. The van der Waals surface area contributed by atoms with E-state index in [2.05, 4.69) is 10.0 Å². The van der Waals surface area contributed by atoms with Gasteiger partial charge in [0.1, 0.15) is 24.4 Å². The molecule has 226 valence electrons. The van der Waals surface area contributed by atoms with Crippen molar-refractivity contribution in [1.82, 2.24) is 0 Å². The van der Waals surface area contributed by atoms with Gasteiger partial charge >= 0.3 is 5.97 Å². The lowest BCUT2D eigenvalue weighted by Crippen LogP contribution is -2.72. The summed E-state index contributed by atoms with van der Waals surface area (Å²) in [6.07, 6.45) is -4.71. The summed E-state index contributed by atoms with van der Waals surface area (Å²) in [5, 5.41) is 3.78. The molecule has 0 saturated carbocycles. The zero-order chi connectivity index (χ0) is 30.1. The lowest BCUT2D eigenvalue weighted by atomic mass is 9.78. The van der Waals surface area contributed by atoms with Gasteiger partial charge in [-0.25, -0.2) is 0 Å². The zero-order valence-corrected chi connectivity index (χ0v) is 24.1. The SMILES string of the molecule is COC(=O)[C@H](N=[N+]=[N-])C1OC(OC)C2OC[C@H](OCc3ccccc3)C2(OCc2ccccc2)C1OCc1ccccc1. The van der Waals surface area contributed by atoms with Crippen LogP contribution in [0.25, 0.3) is 10.4 Å². The third-order valence-electron chi connectivity index (χ3n) is 7.72. The quantitative estimate of drug-likeness (QED) is 0.121. The number of rotatable bonds is 13. The maximum atomic E-state index is 13.0. The average molecular weight is 590 g/mol. The Hall–Kier alpha value is -3.80. The molecule has 2 aliphatic rings. The fourth-order valence-corrected chi connectivity index (χ4v) is 5.64. The topological polar surface area (TPSA) is 130 Å². The Morgan fingerprint density at radius 2 is 1.47 bits per heavy atom. The van der Waals surface area contributed by atoms with E-state index in [1.54, 1.807) is 0 Å². The zero-order valence-electron chi connectivity index (χ0n) is 24.1. The third kappa shape index (κ3) is 6.74. The molecule has 11 nitrogen and oxygen atoms in total. The van der Waals surface area contributed by atoms with E-state index in [-0.39, 0.29) is 26.4 Å². The fraction of sp³-hybridized carbons (Fsp3) is 0.406. The number of azide groups is 1. The van der Waals surface area contributed by atoms with Gasteiger partial charge in [0.25, 0.3) is 0 Å². The van der Waals surface area contributed by atoms with Crippen LogP contribution in [0.15, 0.2) is 96.1 Å². The van der Waals surface area contributed by atoms with Gasteiger partial charge in [-0.3, -0.25) is 4.79 Å². The van der Waals surface area contributed by atoms with Gasteiger partial charge in [-0.15, -0.1) is 0 Å². The van der Waals surface area contributed by atoms with E-state index in [9.17, 15) is 10.3 Å². The van der Waals surface area contributed by atoms with Crippen LogP contribution in [0.2, 0.25) is 0 Å². The molecule has 3 aromatic rings. The van der Waals surface area contributed by atoms with Crippen LogP contribution >= 0.6 is 0 Å². The second-order valence-corrected chi connectivity index (χ2v) is 10.3. The van der Waals surface area contributed by atoms with Crippen molar-refractivity contribution in [2.45, 2.75) is 62.2 Å². The molecule has 2 fully saturated rings. The number of benzene rings is 3. The number of carbonyl (C=O) groups excluding carboxylic acids is 1. The Bertz CT molecular complexity index is 1360. The molecule has 7 atom stereocenters. The van der Waals surface area contributed by atoms with Gasteiger partial charge in [-0.2, -0.15) is 0 Å². The lowest BCUT2D eigenvalue weighted by Gasteiger charge is -2.52. The van der Waals surface area contributed by atoms with Crippen LogP contribution in [0.3, 0.4) is 0 Å². The summed E-state index contributed by atoms with van der Waals surface area (Å²) in [5.74, 6) is -0.789. The number of nitrogens with zero attached hydrogens (tertiary/aromatic N) is 3.